The number of nitrogens with one attached hydrogen (secondary N) is 1. The van der Waals surface area contributed by atoms with Gasteiger partial charge in [-0.1, -0.05) is 0 Å². The summed E-state index contributed by atoms with van der Waals surface area (Å²) in [5, 5.41) is 3.02. The molecule has 0 saturated heterocycles. The van der Waals surface area contributed by atoms with Crippen LogP contribution in [0.1, 0.15) is 48.9 Å². The summed E-state index contributed by atoms with van der Waals surface area (Å²) in [7, 11) is 0. The largest absolute Gasteiger partial charge is 0.452 e. The highest BCUT2D eigenvalue weighted by Crippen LogP contribution is 2.59. The van der Waals surface area contributed by atoms with Crippen LogP contribution in [0.3, 0.4) is 0 Å². The number of hydrogen-bond donors (Lipinski definition) is 2. The number of ether oxygens (including phenoxy) is 1. The second-order valence-corrected chi connectivity index (χ2v) is 8.39. The van der Waals surface area contributed by atoms with Crippen molar-refractivity contribution in [3.63, 3.8) is 0 Å². The second-order valence-electron chi connectivity index (χ2n) is 8.39. The van der Waals surface area contributed by atoms with Gasteiger partial charge in [0.05, 0.1) is 5.56 Å². The van der Waals surface area contributed by atoms with Crippen molar-refractivity contribution in [1.29, 1.82) is 0 Å². The lowest BCUT2D eigenvalue weighted by Gasteiger charge is -2.56. The predicted octanol–water partition coefficient (Wildman–Crippen LogP) is 2.76. The monoisotopic (exact) mass is 342 g/mol. The van der Waals surface area contributed by atoms with Crippen molar-refractivity contribution in [3.8, 4) is 0 Å². The third-order valence-electron chi connectivity index (χ3n) is 6.31. The Morgan fingerprint density at radius 2 is 1.60 bits per heavy atom. The van der Waals surface area contributed by atoms with Gasteiger partial charge in [-0.3, -0.25) is 4.79 Å². The zero-order valence-electron chi connectivity index (χ0n) is 14.5. The molecule has 0 radical (unpaired) electrons. The van der Waals surface area contributed by atoms with Gasteiger partial charge in [-0.2, -0.15) is 0 Å². The number of rotatable bonds is 5. The standard InChI is InChI=1S/C20H26N2O3/c21-17-3-1-16(2-4-17)19(24)25-11-18(23)22-12-20-8-13-5-14(9-20)7-15(6-13)10-20/h1-4,13-15H,5-12,21H2,(H,22,23). The summed E-state index contributed by atoms with van der Waals surface area (Å²) >= 11 is 0. The molecule has 0 spiro atoms. The van der Waals surface area contributed by atoms with E-state index in [1.54, 1.807) is 24.3 Å². The number of esters is 1. The summed E-state index contributed by atoms with van der Waals surface area (Å²) in [6, 6.07) is 6.49. The van der Waals surface area contributed by atoms with E-state index in [-0.39, 0.29) is 12.5 Å². The van der Waals surface area contributed by atoms with Crippen LogP contribution in [0.25, 0.3) is 0 Å². The Bertz CT molecular complexity index is 633. The van der Waals surface area contributed by atoms with Gasteiger partial charge in [-0.25, -0.2) is 4.79 Å². The average molecular weight is 342 g/mol. The lowest BCUT2D eigenvalue weighted by molar-refractivity contribution is -0.126. The van der Waals surface area contributed by atoms with E-state index in [0.29, 0.717) is 16.7 Å². The van der Waals surface area contributed by atoms with Crippen molar-refractivity contribution in [2.24, 2.45) is 23.2 Å². The zero-order valence-corrected chi connectivity index (χ0v) is 14.5. The minimum atomic E-state index is -0.495. The van der Waals surface area contributed by atoms with Gasteiger partial charge in [0.2, 0.25) is 0 Å². The predicted molar refractivity (Wildman–Crippen MR) is 94.8 cm³/mol. The number of amides is 1. The molecule has 0 atom stereocenters. The van der Waals surface area contributed by atoms with E-state index in [2.05, 4.69) is 5.32 Å². The molecule has 4 aliphatic rings. The smallest absolute Gasteiger partial charge is 0.338 e. The van der Waals surface area contributed by atoms with Crippen molar-refractivity contribution < 1.29 is 14.3 Å². The molecule has 0 aromatic heterocycles. The van der Waals surface area contributed by atoms with Crippen LogP contribution in [-0.2, 0) is 9.53 Å². The molecule has 0 heterocycles. The molecule has 4 bridgehead atoms. The van der Waals surface area contributed by atoms with E-state index in [4.69, 9.17) is 10.5 Å². The normalized spacial score (nSPS) is 32.4. The van der Waals surface area contributed by atoms with Gasteiger partial charge in [0, 0.05) is 12.2 Å². The van der Waals surface area contributed by atoms with Crippen molar-refractivity contribution in [2.45, 2.75) is 38.5 Å². The van der Waals surface area contributed by atoms with Gasteiger partial charge >= 0.3 is 5.97 Å². The van der Waals surface area contributed by atoms with Gasteiger partial charge in [-0.05, 0) is 86.0 Å². The van der Waals surface area contributed by atoms with Gasteiger partial charge in [-0.15, -0.1) is 0 Å². The number of anilines is 1. The van der Waals surface area contributed by atoms with E-state index in [1.165, 1.54) is 38.5 Å². The highest BCUT2D eigenvalue weighted by Gasteiger charge is 2.50. The van der Waals surface area contributed by atoms with Gasteiger partial charge < -0.3 is 15.8 Å². The minimum Gasteiger partial charge on any atom is -0.452 e. The fourth-order valence-electron chi connectivity index (χ4n) is 5.68. The molecule has 4 fully saturated rings. The van der Waals surface area contributed by atoms with Crippen molar-refractivity contribution in [1.82, 2.24) is 5.32 Å². The first-order valence-corrected chi connectivity index (χ1v) is 9.31. The molecule has 0 unspecified atom stereocenters. The van der Waals surface area contributed by atoms with Crippen molar-refractivity contribution in [3.05, 3.63) is 29.8 Å². The number of nitrogens with two attached hydrogens (primary N) is 1. The van der Waals surface area contributed by atoms with E-state index in [9.17, 15) is 9.59 Å². The van der Waals surface area contributed by atoms with Crippen LogP contribution in [0.4, 0.5) is 5.69 Å². The third-order valence-corrected chi connectivity index (χ3v) is 6.31. The number of carbonyl (C=O) groups is 2. The highest BCUT2D eigenvalue weighted by molar-refractivity contribution is 5.91. The van der Waals surface area contributed by atoms with Gasteiger partial charge in [0.25, 0.3) is 5.91 Å². The fourth-order valence-corrected chi connectivity index (χ4v) is 5.68. The Morgan fingerprint density at radius 1 is 1.04 bits per heavy atom. The number of benzene rings is 1. The van der Waals surface area contributed by atoms with Crippen LogP contribution >= 0.6 is 0 Å². The minimum absolute atomic E-state index is 0.209. The average Bonchev–Trinajstić information content (AvgIpc) is 2.57. The van der Waals surface area contributed by atoms with E-state index < -0.39 is 5.97 Å². The number of carbonyl (C=O) groups excluding carboxylic acids is 2. The topological polar surface area (TPSA) is 81.4 Å². The maximum absolute atomic E-state index is 12.1. The first kappa shape index (κ1) is 16.4. The Kier molecular flexibility index (Phi) is 4.18. The van der Waals surface area contributed by atoms with E-state index >= 15 is 0 Å². The quantitative estimate of drug-likeness (QED) is 0.637. The van der Waals surface area contributed by atoms with Gasteiger partial charge in [0.15, 0.2) is 6.61 Å². The summed E-state index contributed by atoms with van der Waals surface area (Å²) < 4.78 is 5.11. The Balaban J connectivity index is 1.26. The van der Waals surface area contributed by atoms with Crippen LogP contribution < -0.4 is 11.1 Å². The van der Waals surface area contributed by atoms with Crippen LogP contribution in [0.5, 0.6) is 0 Å². The summed E-state index contributed by atoms with van der Waals surface area (Å²) in [4.78, 5) is 24.1. The Morgan fingerprint density at radius 3 is 2.16 bits per heavy atom. The van der Waals surface area contributed by atoms with Crippen molar-refractivity contribution in [2.75, 3.05) is 18.9 Å². The summed E-state index contributed by atoms with van der Waals surface area (Å²) in [6.45, 7) is 0.504. The Labute approximate surface area is 148 Å². The molecular formula is C20H26N2O3. The van der Waals surface area contributed by atoms with Gasteiger partial charge in [0.1, 0.15) is 0 Å². The molecule has 5 nitrogen and oxygen atoms in total. The summed E-state index contributed by atoms with van der Waals surface area (Å²) in [5.74, 6) is 1.90. The van der Waals surface area contributed by atoms with E-state index in [1.807, 2.05) is 0 Å². The maximum Gasteiger partial charge on any atom is 0.338 e. The van der Waals surface area contributed by atoms with Crippen LogP contribution in [0, 0.1) is 23.2 Å². The number of hydrogen-bond acceptors (Lipinski definition) is 4. The molecule has 1 aromatic rings. The Hall–Kier alpha value is -2.04. The maximum atomic E-state index is 12.1. The lowest BCUT2D eigenvalue weighted by atomic mass is 9.49. The molecule has 0 aliphatic heterocycles. The van der Waals surface area contributed by atoms with Crippen molar-refractivity contribution >= 4 is 17.6 Å². The molecule has 1 amide bonds. The van der Waals surface area contributed by atoms with E-state index in [0.717, 1.165) is 24.3 Å². The molecule has 4 aliphatic carbocycles. The fraction of sp³-hybridized carbons (Fsp3) is 0.600. The first-order valence-electron chi connectivity index (χ1n) is 9.31. The highest BCUT2D eigenvalue weighted by atomic mass is 16.5. The zero-order chi connectivity index (χ0) is 17.4. The van der Waals surface area contributed by atoms with Crippen LogP contribution in [0.2, 0.25) is 0 Å². The molecule has 25 heavy (non-hydrogen) atoms. The first-order chi connectivity index (χ1) is 12.0. The molecule has 4 saturated carbocycles. The number of nitrogen functional groups attached to an aromatic ring is 1. The van der Waals surface area contributed by atoms with Crippen LogP contribution in [0.15, 0.2) is 24.3 Å². The molecule has 134 valence electrons. The molecular weight excluding hydrogens is 316 g/mol. The molecule has 3 N–H and O–H groups in total. The summed E-state index contributed by atoms with van der Waals surface area (Å²) in [5.41, 5.74) is 6.89. The van der Waals surface area contributed by atoms with Crippen LogP contribution in [-0.4, -0.2) is 25.0 Å². The SMILES string of the molecule is Nc1ccc(C(=O)OCC(=O)NCC23CC4CC(CC(C4)C2)C3)cc1. The second kappa shape index (κ2) is 6.36. The third kappa shape index (κ3) is 3.51. The molecule has 5 heteroatoms. The lowest BCUT2D eigenvalue weighted by Crippen LogP contribution is -2.51. The molecule has 5 rings (SSSR count). The summed E-state index contributed by atoms with van der Waals surface area (Å²) in [6.07, 6.45) is 7.95. The molecule has 1 aromatic carbocycles.